The van der Waals surface area contributed by atoms with E-state index in [0.29, 0.717) is 18.0 Å². The number of fused-ring (bicyclic) bond motifs is 1. The Hall–Kier alpha value is -2.17. The van der Waals surface area contributed by atoms with Crippen LogP contribution in [0.3, 0.4) is 0 Å². The number of hydrogen-bond acceptors (Lipinski definition) is 4. The third-order valence-corrected chi connectivity index (χ3v) is 3.61. The second-order valence-electron chi connectivity index (χ2n) is 5.33. The normalized spacial score (nSPS) is 17.3. The minimum atomic E-state index is -0.254. The van der Waals surface area contributed by atoms with Crippen LogP contribution in [0.5, 0.6) is 11.5 Å². The third kappa shape index (κ3) is 2.68. The van der Waals surface area contributed by atoms with Crippen molar-refractivity contribution in [2.24, 2.45) is 5.92 Å². The highest BCUT2D eigenvalue weighted by Crippen LogP contribution is 2.41. The molecule has 1 amide bonds. The summed E-state index contributed by atoms with van der Waals surface area (Å²) in [5, 5.41) is 3.30. The zero-order valence-corrected chi connectivity index (χ0v) is 13.0. The number of methoxy groups -OCH3 is 2. The number of nitrogens with zero attached hydrogens (tertiary/aromatic N) is 1. The lowest BCUT2D eigenvalue weighted by atomic mass is 9.98. The zero-order chi connectivity index (χ0) is 15.6. The van der Waals surface area contributed by atoms with E-state index in [4.69, 9.17) is 9.47 Å². The van der Waals surface area contributed by atoms with Crippen molar-refractivity contribution in [3.63, 3.8) is 0 Å². The molecule has 114 valence electrons. The molecule has 2 rings (SSSR count). The summed E-state index contributed by atoms with van der Waals surface area (Å²) in [5.41, 5.74) is 1.65. The van der Waals surface area contributed by atoms with E-state index in [1.54, 1.807) is 25.2 Å². The van der Waals surface area contributed by atoms with Gasteiger partial charge in [0.15, 0.2) is 11.5 Å². The fraction of sp³-hybridized carbons (Fsp3) is 0.438. The molecule has 0 saturated carbocycles. The van der Waals surface area contributed by atoms with Crippen molar-refractivity contribution in [3.05, 3.63) is 24.8 Å². The molecule has 21 heavy (non-hydrogen) atoms. The summed E-state index contributed by atoms with van der Waals surface area (Å²) in [6, 6.07) is 3.43. The summed E-state index contributed by atoms with van der Waals surface area (Å²) in [4.78, 5) is 14.3. The van der Waals surface area contributed by atoms with Crippen LogP contribution in [0.15, 0.2) is 24.8 Å². The Kier molecular flexibility index (Phi) is 4.40. The van der Waals surface area contributed by atoms with E-state index >= 15 is 0 Å². The van der Waals surface area contributed by atoms with Gasteiger partial charge in [-0.1, -0.05) is 19.9 Å². The van der Waals surface area contributed by atoms with E-state index in [1.807, 2.05) is 26.0 Å². The number of nitrogens with one attached hydrogen (secondary N) is 1. The number of ether oxygens (including phenoxy) is 2. The van der Waals surface area contributed by atoms with Crippen molar-refractivity contribution in [2.75, 3.05) is 31.0 Å². The van der Waals surface area contributed by atoms with Crippen LogP contribution in [0.1, 0.15) is 13.8 Å². The number of carbonyl (C=O) groups is 1. The van der Waals surface area contributed by atoms with Crippen LogP contribution in [-0.4, -0.2) is 32.7 Å². The van der Waals surface area contributed by atoms with E-state index in [1.165, 1.54) is 0 Å². The molecular weight excluding hydrogens is 268 g/mol. The summed E-state index contributed by atoms with van der Waals surface area (Å²) >= 11 is 0. The van der Waals surface area contributed by atoms with Gasteiger partial charge in [-0.15, -0.1) is 6.58 Å². The summed E-state index contributed by atoms with van der Waals surface area (Å²) in [6.07, 6.45) is 1.72. The molecule has 1 aliphatic rings. The summed E-state index contributed by atoms with van der Waals surface area (Å²) in [7, 11) is 3.18. The van der Waals surface area contributed by atoms with E-state index in [0.717, 1.165) is 11.4 Å². The number of carbonyl (C=O) groups excluding carboxylic acids is 1. The topological polar surface area (TPSA) is 50.8 Å². The largest absolute Gasteiger partial charge is 0.493 e. The first-order valence-corrected chi connectivity index (χ1v) is 6.98. The van der Waals surface area contributed by atoms with Crippen LogP contribution in [0.2, 0.25) is 0 Å². The Bertz CT molecular complexity index is 555. The third-order valence-electron chi connectivity index (χ3n) is 3.61. The minimum Gasteiger partial charge on any atom is -0.493 e. The molecule has 1 aliphatic heterocycles. The first-order valence-electron chi connectivity index (χ1n) is 6.98. The van der Waals surface area contributed by atoms with Gasteiger partial charge >= 0.3 is 0 Å². The SMILES string of the molecule is C=CCN1C(=O)C(C(C)C)Nc2cc(OC)c(OC)cc21. The Labute approximate surface area is 125 Å². The molecule has 1 N–H and O–H groups in total. The van der Waals surface area contributed by atoms with Gasteiger partial charge < -0.3 is 19.7 Å². The van der Waals surface area contributed by atoms with E-state index < -0.39 is 0 Å². The fourth-order valence-electron chi connectivity index (χ4n) is 2.49. The van der Waals surface area contributed by atoms with Crippen molar-refractivity contribution < 1.29 is 14.3 Å². The second kappa shape index (κ2) is 6.08. The Morgan fingerprint density at radius 2 is 1.95 bits per heavy atom. The highest BCUT2D eigenvalue weighted by Gasteiger charge is 2.34. The molecule has 0 fully saturated rings. The molecule has 0 aliphatic carbocycles. The molecule has 1 aromatic rings. The van der Waals surface area contributed by atoms with Crippen LogP contribution in [0.4, 0.5) is 11.4 Å². The smallest absolute Gasteiger partial charge is 0.250 e. The van der Waals surface area contributed by atoms with Crippen LogP contribution in [0.25, 0.3) is 0 Å². The molecule has 5 heteroatoms. The first kappa shape index (κ1) is 15.2. The Balaban J connectivity index is 2.55. The van der Waals surface area contributed by atoms with Gasteiger partial charge in [0.05, 0.1) is 25.6 Å². The van der Waals surface area contributed by atoms with Gasteiger partial charge in [-0.3, -0.25) is 4.79 Å². The predicted molar refractivity (Wildman–Crippen MR) is 84.3 cm³/mol. The maximum Gasteiger partial charge on any atom is 0.250 e. The second-order valence-corrected chi connectivity index (χ2v) is 5.33. The van der Waals surface area contributed by atoms with Crippen LogP contribution in [-0.2, 0) is 4.79 Å². The number of anilines is 2. The number of rotatable bonds is 5. The van der Waals surface area contributed by atoms with Gasteiger partial charge in [-0.05, 0) is 5.92 Å². The average molecular weight is 290 g/mol. The maximum absolute atomic E-state index is 12.6. The van der Waals surface area contributed by atoms with Gasteiger partial charge in [0.1, 0.15) is 6.04 Å². The molecule has 0 spiro atoms. The molecule has 1 atom stereocenters. The van der Waals surface area contributed by atoms with Crippen molar-refractivity contribution in [3.8, 4) is 11.5 Å². The highest BCUT2D eigenvalue weighted by atomic mass is 16.5. The standard InChI is InChI=1S/C16H22N2O3/c1-6-7-18-12-9-14(21-5)13(20-4)8-11(12)17-15(10(2)3)16(18)19/h6,8-10,15,17H,1,7H2,2-5H3. The molecule has 5 nitrogen and oxygen atoms in total. The lowest BCUT2D eigenvalue weighted by Crippen LogP contribution is -2.49. The van der Waals surface area contributed by atoms with Crippen LogP contribution >= 0.6 is 0 Å². The van der Waals surface area contributed by atoms with Gasteiger partial charge in [0, 0.05) is 18.7 Å². The number of benzene rings is 1. The predicted octanol–water partition coefficient (Wildman–Crippen LogP) is 2.67. The summed E-state index contributed by atoms with van der Waals surface area (Å²) < 4.78 is 10.7. The minimum absolute atomic E-state index is 0.0459. The Morgan fingerprint density at radius 1 is 1.33 bits per heavy atom. The maximum atomic E-state index is 12.6. The van der Waals surface area contributed by atoms with Gasteiger partial charge in [-0.25, -0.2) is 0 Å². The molecule has 0 aromatic heterocycles. The van der Waals surface area contributed by atoms with Crippen LogP contribution in [0, 0.1) is 5.92 Å². The van der Waals surface area contributed by atoms with E-state index in [9.17, 15) is 4.79 Å². The average Bonchev–Trinajstić information content (AvgIpc) is 2.48. The highest BCUT2D eigenvalue weighted by molar-refractivity contribution is 6.05. The molecule has 1 aromatic carbocycles. The van der Waals surface area contributed by atoms with Gasteiger partial charge in [-0.2, -0.15) is 0 Å². The molecule has 0 radical (unpaired) electrons. The van der Waals surface area contributed by atoms with Crippen molar-refractivity contribution >= 4 is 17.3 Å². The van der Waals surface area contributed by atoms with Crippen LogP contribution < -0.4 is 19.7 Å². The van der Waals surface area contributed by atoms with Crippen molar-refractivity contribution in [2.45, 2.75) is 19.9 Å². The molecule has 0 bridgehead atoms. The number of amides is 1. The van der Waals surface area contributed by atoms with Gasteiger partial charge in [0.2, 0.25) is 5.91 Å². The Morgan fingerprint density at radius 3 is 2.48 bits per heavy atom. The van der Waals surface area contributed by atoms with E-state index in [-0.39, 0.29) is 17.9 Å². The lowest BCUT2D eigenvalue weighted by Gasteiger charge is -2.37. The van der Waals surface area contributed by atoms with E-state index in [2.05, 4.69) is 11.9 Å². The molecule has 0 saturated heterocycles. The quantitative estimate of drug-likeness (QED) is 0.847. The van der Waals surface area contributed by atoms with Crippen molar-refractivity contribution in [1.82, 2.24) is 0 Å². The monoisotopic (exact) mass is 290 g/mol. The first-order chi connectivity index (χ1) is 10.0. The van der Waals surface area contributed by atoms with Crippen molar-refractivity contribution in [1.29, 1.82) is 0 Å². The molecular formula is C16H22N2O3. The summed E-state index contributed by atoms with van der Waals surface area (Å²) in [5.74, 6) is 1.47. The molecule has 1 unspecified atom stereocenters. The summed E-state index contributed by atoms with van der Waals surface area (Å²) in [6.45, 7) is 8.25. The zero-order valence-electron chi connectivity index (χ0n) is 13.0. The lowest BCUT2D eigenvalue weighted by molar-refractivity contribution is -0.120. The fourth-order valence-corrected chi connectivity index (χ4v) is 2.49. The molecule has 1 heterocycles. The number of hydrogen-bond donors (Lipinski definition) is 1. The van der Waals surface area contributed by atoms with Gasteiger partial charge in [0.25, 0.3) is 0 Å².